The van der Waals surface area contributed by atoms with Gasteiger partial charge in [-0.3, -0.25) is 0 Å². The molecule has 39 heavy (non-hydrogen) atoms. The Bertz CT molecular complexity index is 1760. The largest absolute Gasteiger partial charge is 0.497 e. The summed E-state index contributed by atoms with van der Waals surface area (Å²) in [6, 6.07) is 33.8. The van der Waals surface area contributed by atoms with Crippen molar-refractivity contribution in [2.75, 3.05) is 14.2 Å². The highest BCUT2D eigenvalue weighted by atomic mass is 16.5. The molecule has 0 aromatic heterocycles. The first-order valence-electron chi connectivity index (χ1n) is 13.3. The van der Waals surface area contributed by atoms with Gasteiger partial charge in [0.1, 0.15) is 17.2 Å². The van der Waals surface area contributed by atoms with Crippen molar-refractivity contribution in [1.82, 2.24) is 0 Å². The molecule has 0 saturated heterocycles. The Balaban J connectivity index is 1.56. The van der Waals surface area contributed by atoms with Crippen molar-refractivity contribution >= 4 is 16.8 Å². The van der Waals surface area contributed by atoms with E-state index >= 15 is 0 Å². The van der Waals surface area contributed by atoms with Gasteiger partial charge >= 0.3 is 0 Å². The second-order valence-electron chi connectivity index (χ2n) is 10.8. The minimum Gasteiger partial charge on any atom is -0.497 e. The number of hydrogen-bond donors (Lipinski definition) is 0. The predicted octanol–water partition coefficient (Wildman–Crippen LogP) is 8.51. The number of benzene rings is 5. The molecule has 0 amide bonds. The summed E-state index contributed by atoms with van der Waals surface area (Å²) in [7, 11) is 3.40. The smallest absolute Gasteiger partial charge is 0.178 e. The average Bonchev–Trinajstić information content (AvgIpc) is 3.24. The molecule has 1 atom stereocenters. The number of methoxy groups -OCH3 is 2. The van der Waals surface area contributed by atoms with Crippen LogP contribution in [0.2, 0.25) is 0 Å². The van der Waals surface area contributed by atoms with Crippen molar-refractivity contribution in [3.05, 3.63) is 131 Å². The highest BCUT2D eigenvalue weighted by molar-refractivity contribution is 6.08. The number of fused-ring (bicyclic) bond motifs is 8. The summed E-state index contributed by atoms with van der Waals surface area (Å²) in [5.41, 5.74) is 7.48. The summed E-state index contributed by atoms with van der Waals surface area (Å²) < 4.78 is 18.5. The molecule has 7 rings (SSSR count). The lowest BCUT2D eigenvalue weighted by Gasteiger charge is -2.38. The van der Waals surface area contributed by atoms with Crippen LogP contribution in [-0.2, 0) is 11.0 Å². The van der Waals surface area contributed by atoms with Gasteiger partial charge in [-0.15, -0.1) is 0 Å². The zero-order valence-corrected chi connectivity index (χ0v) is 22.6. The molecule has 1 unspecified atom stereocenters. The van der Waals surface area contributed by atoms with Crippen LogP contribution in [0.15, 0.2) is 103 Å². The van der Waals surface area contributed by atoms with E-state index in [2.05, 4.69) is 105 Å². The van der Waals surface area contributed by atoms with Crippen LogP contribution >= 0.6 is 0 Å². The summed E-state index contributed by atoms with van der Waals surface area (Å²) >= 11 is 0. The molecule has 5 aromatic rings. The van der Waals surface area contributed by atoms with E-state index in [4.69, 9.17) is 14.2 Å². The van der Waals surface area contributed by atoms with Gasteiger partial charge in [0.25, 0.3) is 0 Å². The second-order valence-corrected chi connectivity index (χ2v) is 10.8. The average molecular weight is 511 g/mol. The third-order valence-electron chi connectivity index (χ3n) is 8.47. The number of ether oxygens (including phenoxy) is 3. The summed E-state index contributed by atoms with van der Waals surface area (Å²) in [4.78, 5) is 0. The standard InChI is InChI=1S/C36H30O3/c1-35(2)31-13-9-8-12-28(31)32-27-19-18-26(38-4)22-30(27)34-29(33(32)35)20-21-36(39-34,23-10-6-5-7-11-23)24-14-16-25(37-3)17-15-24/h5-22H,1-4H3. The Hall–Kier alpha value is -4.50. The third kappa shape index (κ3) is 3.29. The first-order valence-corrected chi connectivity index (χ1v) is 13.3. The SMILES string of the molecule is COc1ccc(C2(c3ccccc3)C=Cc3c4c(c5ccc(OC)cc5c3O2)-c2ccccc2C4(C)C)cc1. The summed E-state index contributed by atoms with van der Waals surface area (Å²) in [5, 5.41) is 2.23. The van der Waals surface area contributed by atoms with Gasteiger partial charge in [0.05, 0.1) is 14.2 Å². The van der Waals surface area contributed by atoms with Crippen molar-refractivity contribution in [3.63, 3.8) is 0 Å². The van der Waals surface area contributed by atoms with Crippen LogP contribution in [0.1, 0.15) is 41.7 Å². The van der Waals surface area contributed by atoms with E-state index in [0.29, 0.717) is 0 Å². The molecule has 192 valence electrons. The highest BCUT2D eigenvalue weighted by Gasteiger charge is 2.44. The van der Waals surface area contributed by atoms with Gasteiger partial charge in [0, 0.05) is 27.5 Å². The predicted molar refractivity (Wildman–Crippen MR) is 158 cm³/mol. The van der Waals surface area contributed by atoms with Gasteiger partial charge in [-0.05, 0) is 64.0 Å². The van der Waals surface area contributed by atoms with Crippen LogP contribution in [0.4, 0.5) is 0 Å². The molecule has 1 aliphatic carbocycles. The quantitative estimate of drug-likeness (QED) is 0.243. The summed E-state index contributed by atoms with van der Waals surface area (Å²) in [6.07, 6.45) is 4.50. The molecular weight excluding hydrogens is 480 g/mol. The van der Waals surface area contributed by atoms with Gasteiger partial charge in [-0.1, -0.05) is 86.7 Å². The van der Waals surface area contributed by atoms with Crippen LogP contribution in [0, 0.1) is 0 Å². The topological polar surface area (TPSA) is 27.7 Å². The Kier molecular flexibility index (Phi) is 5.15. The van der Waals surface area contributed by atoms with Gasteiger partial charge in [0.2, 0.25) is 0 Å². The van der Waals surface area contributed by atoms with Crippen LogP contribution in [0.25, 0.3) is 28.0 Å². The van der Waals surface area contributed by atoms with Gasteiger partial charge < -0.3 is 14.2 Å². The van der Waals surface area contributed by atoms with E-state index in [1.165, 1.54) is 27.6 Å². The first-order chi connectivity index (χ1) is 19.0. The highest BCUT2D eigenvalue weighted by Crippen LogP contribution is 2.58. The maximum atomic E-state index is 7.31. The molecule has 0 fully saturated rings. The van der Waals surface area contributed by atoms with Gasteiger partial charge in [0.15, 0.2) is 5.60 Å². The van der Waals surface area contributed by atoms with Gasteiger partial charge in [-0.2, -0.15) is 0 Å². The lowest BCUT2D eigenvalue weighted by atomic mass is 9.77. The van der Waals surface area contributed by atoms with E-state index < -0.39 is 5.60 Å². The Morgan fingerprint density at radius 2 is 1.33 bits per heavy atom. The maximum Gasteiger partial charge on any atom is 0.178 e. The third-order valence-corrected chi connectivity index (χ3v) is 8.47. The van der Waals surface area contributed by atoms with Gasteiger partial charge in [-0.25, -0.2) is 0 Å². The molecule has 2 aliphatic rings. The number of hydrogen-bond acceptors (Lipinski definition) is 3. The fourth-order valence-electron chi connectivity index (χ4n) is 6.56. The molecule has 0 N–H and O–H groups in total. The van der Waals surface area contributed by atoms with Crippen LogP contribution in [0.3, 0.4) is 0 Å². The molecule has 0 spiro atoms. The molecule has 1 aliphatic heterocycles. The normalized spacial score (nSPS) is 18.2. The van der Waals surface area contributed by atoms with Crippen molar-refractivity contribution in [2.45, 2.75) is 24.9 Å². The zero-order valence-electron chi connectivity index (χ0n) is 22.6. The monoisotopic (exact) mass is 510 g/mol. The minimum absolute atomic E-state index is 0.176. The second kappa shape index (κ2) is 8.51. The van der Waals surface area contributed by atoms with Crippen LogP contribution in [-0.4, -0.2) is 14.2 Å². The van der Waals surface area contributed by atoms with Crippen LogP contribution in [0.5, 0.6) is 17.2 Å². The van der Waals surface area contributed by atoms with Crippen molar-refractivity contribution in [3.8, 4) is 28.4 Å². The zero-order chi connectivity index (χ0) is 26.8. The summed E-state index contributed by atoms with van der Waals surface area (Å²) in [5.74, 6) is 2.50. The van der Waals surface area contributed by atoms with E-state index in [1.54, 1.807) is 14.2 Å². The van der Waals surface area contributed by atoms with E-state index in [0.717, 1.165) is 39.3 Å². The molecule has 3 nitrogen and oxygen atoms in total. The molecular formula is C36H30O3. The van der Waals surface area contributed by atoms with Crippen molar-refractivity contribution < 1.29 is 14.2 Å². The molecule has 0 radical (unpaired) electrons. The Morgan fingerprint density at radius 3 is 2.08 bits per heavy atom. The van der Waals surface area contributed by atoms with E-state index in [9.17, 15) is 0 Å². The molecule has 5 aromatic carbocycles. The number of rotatable bonds is 4. The summed E-state index contributed by atoms with van der Waals surface area (Å²) in [6.45, 7) is 4.65. The molecule has 1 heterocycles. The van der Waals surface area contributed by atoms with E-state index in [-0.39, 0.29) is 5.41 Å². The Morgan fingerprint density at radius 1 is 0.667 bits per heavy atom. The maximum absolute atomic E-state index is 7.31. The fraction of sp³-hybridized carbons (Fsp3) is 0.167. The lowest BCUT2D eigenvalue weighted by Crippen LogP contribution is -2.35. The van der Waals surface area contributed by atoms with E-state index in [1.807, 2.05) is 18.2 Å². The van der Waals surface area contributed by atoms with Crippen molar-refractivity contribution in [2.24, 2.45) is 0 Å². The molecule has 3 heteroatoms. The molecule has 0 saturated carbocycles. The molecule has 0 bridgehead atoms. The first kappa shape index (κ1) is 23.6. The minimum atomic E-state index is -0.805. The van der Waals surface area contributed by atoms with Crippen molar-refractivity contribution in [1.29, 1.82) is 0 Å². The fourth-order valence-corrected chi connectivity index (χ4v) is 6.56. The lowest BCUT2D eigenvalue weighted by molar-refractivity contribution is 0.163. The Labute approximate surface area is 229 Å². The van der Waals surface area contributed by atoms with Crippen LogP contribution < -0.4 is 14.2 Å².